The van der Waals surface area contributed by atoms with Crippen molar-refractivity contribution in [1.29, 1.82) is 0 Å². The van der Waals surface area contributed by atoms with Crippen LogP contribution >= 0.6 is 22.9 Å². The van der Waals surface area contributed by atoms with E-state index in [0.717, 1.165) is 16.1 Å². The SMILES string of the molecule is COc1ccc(Cl)cc1-c1nnc2sc(C=Cc3ccccc3)nn12. The second-order valence-corrected chi connectivity index (χ2v) is 6.67. The first-order valence-electron chi connectivity index (χ1n) is 7.54. The van der Waals surface area contributed by atoms with Crippen molar-refractivity contribution >= 4 is 40.1 Å². The molecule has 0 amide bonds. The molecule has 0 bridgehead atoms. The molecule has 0 unspecified atom stereocenters. The van der Waals surface area contributed by atoms with Gasteiger partial charge in [-0.15, -0.1) is 10.2 Å². The zero-order valence-corrected chi connectivity index (χ0v) is 14.8. The van der Waals surface area contributed by atoms with Gasteiger partial charge >= 0.3 is 0 Å². The Bertz CT molecular complexity index is 1060. The van der Waals surface area contributed by atoms with E-state index in [1.165, 1.54) is 11.3 Å². The van der Waals surface area contributed by atoms with Gasteiger partial charge in [0.1, 0.15) is 10.8 Å². The van der Waals surface area contributed by atoms with Crippen LogP contribution in [0.5, 0.6) is 5.75 Å². The number of halogens is 1. The van der Waals surface area contributed by atoms with Gasteiger partial charge in [0.2, 0.25) is 4.96 Å². The van der Waals surface area contributed by atoms with Gasteiger partial charge < -0.3 is 4.74 Å². The number of methoxy groups -OCH3 is 1. The van der Waals surface area contributed by atoms with Crippen molar-refractivity contribution in [2.24, 2.45) is 0 Å². The van der Waals surface area contributed by atoms with Crippen LogP contribution in [-0.2, 0) is 0 Å². The highest BCUT2D eigenvalue weighted by molar-refractivity contribution is 7.17. The number of rotatable bonds is 4. The first-order chi connectivity index (χ1) is 12.2. The molecule has 7 heteroatoms. The summed E-state index contributed by atoms with van der Waals surface area (Å²) in [6.45, 7) is 0. The van der Waals surface area contributed by atoms with E-state index in [0.29, 0.717) is 21.6 Å². The lowest BCUT2D eigenvalue weighted by Crippen LogP contribution is -1.94. The van der Waals surface area contributed by atoms with Gasteiger partial charge in [0.25, 0.3) is 0 Å². The molecule has 2 aromatic carbocycles. The van der Waals surface area contributed by atoms with Crippen LogP contribution in [0.4, 0.5) is 0 Å². The monoisotopic (exact) mass is 368 g/mol. The second-order valence-electron chi connectivity index (χ2n) is 5.25. The summed E-state index contributed by atoms with van der Waals surface area (Å²) in [4.78, 5) is 0.713. The molecule has 124 valence electrons. The lowest BCUT2D eigenvalue weighted by Gasteiger charge is -2.06. The third-order valence-electron chi connectivity index (χ3n) is 3.63. The van der Waals surface area contributed by atoms with Crippen LogP contribution in [0.3, 0.4) is 0 Å². The molecule has 0 aliphatic heterocycles. The molecule has 4 aromatic rings. The van der Waals surface area contributed by atoms with Gasteiger partial charge in [0.05, 0.1) is 12.7 Å². The summed E-state index contributed by atoms with van der Waals surface area (Å²) in [5.74, 6) is 1.28. The Morgan fingerprint density at radius 3 is 2.72 bits per heavy atom. The largest absolute Gasteiger partial charge is 0.496 e. The maximum atomic E-state index is 6.12. The van der Waals surface area contributed by atoms with Gasteiger partial charge in [0, 0.05) is 5.02 Å². The van der Waals surface area contributed by atoms with Gasteiger partial charge in [0.15, 0.2) is 5.82 Å². The number of hydrogen-bond donors (Lipinski definition) is 0. The van der Waals surface area contributed by atoms with Gasteiger partial charge in [-0.3, -0.25) is 0 Å². The maximum absolute atomic E-state index is 6.12. The number of ether oxygens (including phenoxy) is 1. The highest BCUT2D eigenvalue weighted by Gasteiger charge is 2.16. The molecular weight excluding hydrogens is 356 g/mol. The Balaban J connectivity index is 1.74. The molecule has 2 aromatic heterocycles. The fraction of sp³-hybridized carbons (Fsp3) is 0.0556. The van der Waals surface area contributed by atoms with Gasteiger partial charge in [-0.1, -0.05) is 59.3 Å². The molecule has 0 aliphatic rings. The minimum Gasteiger partial charge on any atom is -0.496 e. The summed E-state index contributed by atoms with van der Waals surface area (Å²) in [5, 5.41) is 14.5. The van der Waals surface area contributed by atoms with Crippen molar-refractivity contribution in [2.75, 3.05) is 7.11 Å². The Hall–Kier alpha value is -2.70. The molecule has 5 nitrogen and oxygen atoms in total. The van der Waals surface area contributed by atoms with Gasteiger partial charge in [-0.2, -0.15) is 9.61 Å². The molecule has 2 heterocycles. The standard InChI is InChI=1S/C18H13ClN4OS/c1-24-15-9-8-13(19)11-14(15)17-20-21-18-23(17)22-16(25-18)10-7-12-5-3-2-4-6-12/h2-11H,1H3. The van der Waals surface area contributed by atoms with E-state index in [1.807, 2.05) is 42.5 Å². The summed E-state index contributed by atoms with van der Waals surface area (Å²) >= 11 is 7.59. The Labute approximate surface area is 153 Å². The molecule has 0 N–H and O–H groups in total. The summed E-state index contributed by atoms with van der Waals surface area (Å²) in [6, 6.07) is 15.5. The second kappa shape index (κ2) is 6.66. The summed E-state index contributed by atoms with van der Waals surface area (Å²) in [7, 11) is 1.61. The van der Waals surface area contributed by atoms with E-state index in [9.17, 15) is 0 Å². The Kier molecular flexibility index (Phi) is 4.21. The maximum Gasteiger partial charge on any atom is 0.235 e. The molecule has 0 aliphatic carbocycles. The van der Waals surface area contributed by atoms with E-state index >= 15 is 0 Å². The first kappa shape index (κ1) is 15.8. The minimum absolute atomic E-state index is 0.602. The van der Waals surface area contributed by atoms with Gasteiger partial charge in [-0.05, 0) is 29.8 Å². The number of fused-ring (bicyclic) bond motifs is 1. The van der Waals surface area contributed by atoms with Crippen LogP contribution in [0.1, 0.15) is 10.6 Å². The zero-order valence-electron chi connectivity index (χ0n) is 13.3. The third kappa shape index (κ3) is 3.14. The van der Waals surface area contributed by atoms with E-state index in [2.05, 4.69) is 15.3 Å². The summed E-state index contributed by atoms with van der Waals surface area (Å²) < 4.78 is 7.12. The third-order valence-corrected chi connectivity index (χ3v) is 4.73. The van der Waals surface area contributed by atoms with Crippen LogP contribution in [-0.4, -0.2) is 26.9 Å². The number of nitrogens with zero attached hydrogens (tertiary/aromatic N) is 4. The van der Waals surface area contributed by atoms with Crippen LogP contribution in [0.15, 0.2) is 48.5 Å². The van der Waals surface area contributed by atoms with Crippen LogP contribution in [0, 0.1) is 0 Å². The fourth-order valence-electron chi connectivity index (χ4n) is 2.45. The molecule has 0 spiro atoms. The summed E-state index contributed by atoms with van der Waals surface area (Å²) in [5.41, 5.74) is 1.87. The van der Waals surface area contributed by atoms with Crippen LogP contribution in [0.2, 0.25) is 5.02 Å². The fourth-order valence-corrected chi connectivity index (χ4v) is 3.37. The van der Waals surface area contributed by atoms with Gasteiger partial charge in [-0.25, -0.2) is 0 Å². The average Bonchev–Trinajstić information content (AvgIpc) is 3.21. The number of aromatic nitrogens is 4. The Morgan fingerprint density at radius 2 is 1.92 bits per heavy atom. The minimum atomic E-state index is 0.602. The molecule has 0 radical (unpaired) electrons. The van der Waals surface area contributed by atoms with Crippen molar-refractivity contribution in [2.45, 2.75) is 0 Å². The molecule has 4 rings (SSSR count). The van der Waals surface area contributed by atoms with E-state index < -0.39 is 0 Å². The first-order valence-corrected chi connectivity index (χ1v) is 8.73. The van der Waals surface area contributed by atoms with Crippen molar-refractivity contribution in [1.82, 2.24) is 19.8 Å². The number of hydrogen-bond acceptors (Lipinski definition) is 5. The molecule has 25 heavy (non-hydrogen) atoms. The zero-order chi connectivity index (χ0) is 17.2. The van der Waals surface area contributed by atoms with Crippen molar-refractivity contribution in [3.8, 4) is 17.1 Å². The highest BCUT2D eigenvalue weighted by atomic mass is 35.5. The average molecular weight is 369 g/mol. The van der Waals surface area contributed by atoms with Crippen LogP contribution < -0.4 is 4.74 Å². The lowest BCUT2D eigenvalue weighted by molar-refractivity contribution is 0.416. The predicted octanol–water partition coefficient (Wildman–Crippen LogP) is 4.69. The smallest absolute Gasteiger partial charge is 0.235 e. The van der Waals surface area contributed by atoms with Crippen LogP contribution in [0.25, 0.3) is 28.5 Å². The van der Waals surface area contributed by atoms with E-state index in [-0.39, 0.29) is 0 Å². The molecule has 0 fully saturated rings. The topological polar surface area (TPSA) is 52.3 Å². The van der Waals surface area contributed by atoms with Crippen molar-refractivity contribution < 1.29 is 4.74 Å². The quantitative estimate of drug-likeness (QED) is 0.524. The predicted molar refractivity (Wildman–Crippen MR) is 101 cm³/mol. The highest BCUT2D eigenvalue weighted by Crippen LogP contribution is 2.32. The van der Waals surface area contributed by atoms with Crippen molar-refractivity contribution in [3.05, 3.63) is 64.1 Å². The van der Waals surface area contributed by atoms with Crippen molar-refractivity contribution in [3.63, 3.8) is 0 Å². The molecule has 0 atom stereocenters. The van der Waals surface area contributed by atoms with E-state index in [4.69, 9.17) is 16.3 Å². The molecule has 0 saturated carbocycles. The molecular formula is C18H13ClN4OS. The number of benzene rings is 2. The molecule has 0 saturated heterocycles. The summed E-state index contributed by atoms with van der Waals surface area (Å²) in [6.07, 6.45) is 3.99. The van der Waals surface area contributed by atoms with E-state index in [1.54, 1.807) is 29.8 Å². The Morgan fingerprint density at radius 1 is 1.08 bits per heavy atom. The lowest BCUT2D eigenvalue weighted by atomic mass is 10.2. The normalized spacial score (nSPS) is 11.4.